The summed E-state index contributed by atoms with van der Waals surface area (Å²) < 4.78 is 0. The predicted octanol–water partition coefficient (Wildman–Crippen LogP) is 2.04. The molecule has 0 fully saturated rings. The molecule has 3 rings (SSSR count). The maximum absolute atomic E-state index is 12.6. The van der Waals surface area contributed by atoms with E-state index in [1.165, 1.54) is 18.2 Å². The van der Waals surface area contributed by atoms with E-state index >= 15 is 0 Å². The first kappa shape index (κ1) is 23.5. The van der Waals surface area contributed by atoms with Crippen molar-refractivity contribution in [3.8, 4) is 0 Å². The molecular formula is C23H24N6O4. The lowest BCUT2D eigenvalue weighted by Gasteiger charge is -2.19. The van der Waals surface area contributed by atoms with Gasteiger partial charge in [0.2, 0.25) is 11.8 Å². The number of carbonyl (C=O) groups is 2. The van der Waals surface area contributed by atoms with Crippen LogP contribution in [0.4, 0.5) is 5.69 Å². The molecule has 0 saturated carbocycles. The number of para-hydroxylation sites is 1. The van der Waals surface area contributed by atoms with Crippen LogP contribution in [-0.4, -0.2) is 33.3 Å². The van der Waals surface area contributed by atoms with E-state index in [-0.39, 0.29) is 36.7 Å². The number of nitrogens with zero attached hydrogens (tertiary/aromatic N) is 3. The summed E-state index contributed by atoms with van der Waals surface area (Å²) in [4.78, 5) is 44.4. The minimum absolute atomic E-state index is 0.0384. The summed E-state index contributed by atoms with van der Waals surface area (Å²) in [5.41, 5.74) is 1.54. The van der Waals surface area contributed by atoms with Gasteiger partial charge in [0, 0.05) is 25.0 Å². The van der Waals surface area contributed by atoms with Gasteiger partial charge >= 0.3 is 0 Å². The SMILES string of the molecule is O=C(CC(NC(=O)CNCc1ccccn1)c1ccccc1[N+](=O)[O-])NCc1ccccn1. The predicted molar refractivity (Wildman–Crippen MR) is 121 cm³/mol. The fourth-order valence-corrected chi connectivity index (χ4v) is 3.19. The van der Waals surface area contributed by atoms with Crippen LogP contribution in [0.25, 0.3) is 0 Å². The average molecular weight is 448 g/mol. The lowest BCUT2D eigenvalue weighted by atomic mass is 10.0. The molecular weight excluding hydrogens is 424 g/mol. The molecule has 0 saturated heterocycles. The highest BCUT2D eigenvalue weighted by Crippen LogP contribution is 2.27. The van der Waals surface area contributed by atoms with E-state index in [1.54, 1.807) is 36.7 Å². The molecule has 2 aromatic heterocycles. The molecule has 33 heavy (non-hydrogen) atoms. The van der Waals surface area contributed by atoms with Crippen LogP contribution in [0.2, 0.25) is 0 Å². The van der Waals surface area contributed by atoms with Gasteiger partial charge in [-0.1, -0.05) is 30.3 Å². The van der Waals surface area contributed by atoms with Crippen molar-refractivity contribution in [2.45, 2.75) is 25.6 Å². The molecule has 3 aromatic rings. The molecule has 170 valence electrons. The van der Waals surface area contributed by atoms with Crippen molar-refractivity contribution in [3.63, 3.8) is 0 Å². The quantitative estimate of drug-likeness (QED) is 0.301. The Morgan fingerprint density at radius 1 is 0.879 bits per heavy atom. The molecule has 2 amide bonds. The van der Waals surface area contributed by atoms with Crippen LogP contribution in [0, 0.1) is 10.1 Å². The molecule has 0 aliphatic rings. The van der Waals surface area contributed by atoms with Crippen LogP contribution < -0.4 is 16.0 Å². The second-order valence-corrected chi connectivity index (χ2v) is 7.16. The van der Waals surface area contributed by atoms with Gasteiger partial charge in [0.05, 0.1) is 47.4 Å². The molecule has 1 atom stereocenters. The smallest absolute Gasteiger partial charge is 0.274 e. The van der Waals surface area contributed by atoms with Crippen molar-refractivity contribution in [1.29, 1.82) is 0 Å². The molecule has 10 nitrogen and oxygen atoms in total. The van der Waals surface area contributed by atoms with Crippen LogP contribution in [0.1, 0.15) is 29.4 Å². The second-order valence-electron chi connectivity index (χ2n) is 7.16. The monoisotopic (exact) mass is 448 g/mol. The van der Waals surface area contributed by atoms with E-state index in [0.717, 1.165) is 5.69 Å². The van der Waals surface area contributed by atoms with Crippen molar-refractivity contribution >= 4 is 17.5 Å². The number of nitro benzene ring substituents is 1. The van der Waals surface area contributed by atoms with Crippen molar-refractivity contribution in [2.75, 3.05) is 6.54 Å². The Kier molecular flexibility index (Phi) is 8.55. The third kappa shape index (κ3) is 7.47. The number of pyridine rings is 2. The van der Waals surface area contributed by atoms with E-state index in [1.807, 2.05) is 18.2 Å². The summed E-state index contributed by atoms with van der Waals surface area (Å²) in [6, 6.07) is 16.0. The zero-order valence-corrected chi connectivity index (χ0v) is 17.8. The number of benzene rings is 1. The molecule has 3 N–H and O–H groups in total. The standard InChI is InChI=1S/C23H24N6O4/c30-22(27-15-18-8-4-6-12-26-18)13-20(19-9-1-2-10-21(19)29(32)33)28-23(31)16-24-14-17-7-3-5-11-25-17/h1-12,20,24H,13-16H2,(H,27,30)(H,28,31). The van der Waals surface area contributed by atoms with Crippen LogP contribution in [0.3, 0.4) is 0 Å². The van der Waals surface area contributed by atoms with Gasteiger partial charge in [0.25, 0.3) is 5.69 Å². The largest absolute Gasteiger partial charge is 0.350 e. The zero-order chi connectivity index (χ0) is 23.5. The number of hydrogen-bond acceptors (Lipinski definition) is 7. The molecule has 0 aliphatic carbocycles. The molecule has 0 bridgehead atoms. The van der Waals surface area contributed by atoms with Gasteiger partial charge in [0.1, 0.15) is 0 Å². The maximum atomic E-state index is 12.6. The normalized spacial score (nSPS) is 11.4. The third-order valence-electron chi connectivity index (χ3n) is 4.74. The van der Waals surface area contributed by atoms with Gasteiger partial charge < -0.3 is 16.0 Å². The Morgan fingerprint density at radius 2 is 1.52 bits per heavy atom. The molecule has 10 heteroatoms. The van der Waals surface area contributed by atoms with E-state index in [9.17, 15) is 19.7 Å². The van der Waals surface area contributed by atoms with Gasteiger partial charge in [-0.15, -0.1) is 0 Å². The Hall–Kier alpha value is -4.18. The van der Waals surface area contributed by atoms with Crippen molar-refractivity contribution in [2.24, 2.45) is 0 Å². The van der Waals surface area contributed by atoms with Gasteiger partial charge in [-0.2, -0.15) is 0 Å². The molecule has 2 heterocycles. The molecule has 0 spiro atoms. The van der Waals surface area contributed by atoms with E-state index < -0.39 is 16.9 Å². The van der Waals surface area contributed by atoms with E-state index in [2.05, 4.69) is 25.9 Å². The highest BCUT2D eigenvalue weighted by Gasteiger charge is 2.25. The summed E-state index contributed by atoms with van der Waals surface area (Å²) in [6.07, 6.45) is 3.12. The minimum Gasteiger partial charge on any atom is -0.350 e. The summed E-state index contributed by atoms with van der Waals surface area (Å²) in [7, 11) is 0. The fourth-order valence-electron chi connectivity index (χ4n) is 3.19. The van der Waals surface area contributed by atoms with Crippen molar-refractivity contribution < 1.29 is 14.5 Å². The summed E-state index contributed by atoms with van der Waals surface area (Å²) >= 11 is 0. The summed E-state index contributed by atoms with van der Waals surface area (Å²) in [6.45, 7) is 0.557. The third-order valence-corrected chi connectivity index (χ3v) is 4.74. The number of amides is 2. The number of aromatic nitrogens is 2. The Morgan fingerprint density at radius 3 is 2.15 bits per heavy atom. The fraction of sp³-hybridized carbons (Fsp3) is 0.217. The molecule has 1 unspecified atom stereocenters. The molecule has 0 aliphatic heterocycles. The maximum Gasteiger partial charge on any atom is 0.274 e. The lowest BCUT2D eigenvalue weighted by Crippen LogP contribution is -2.38. The number of nitrogens with one attached hydrogen (secondary N) is 3. The first-order valence-corrected chi connectivity index (χ1v) is 10.3. The molecule has 1 aromatic carbocycles. The Labute approximate surface area is 190 Å². The van der Waals surface area contributed by atoms with Crippen molar-refractivity contribution in [3.05, 3.63) is 100 Å². The number of carbonyl (C=O) groups excluding carboxylic acids is 2. The number of hydrogen-bond donors (Lipinski definition) is 3. The van der Waals surface area contributed by atoms with E-state index in [0.29, 0.717) is 12.2 Å². The summed E-state index contributed by atoms with van der Waals surface area (Å²) in [5, 5.41) is 20.0. The first-order chi connectivity index (χ1) is 16.0. The van der Waals surface area contributed by atoms with Crippen LogP contribution in [0.5, 0.6) is 0 Å². The Balaban J connectivity index is 1.65. The topological polar surface area (TPSA) is 139 Å². The number of nitro groups is 1. The first-order valence-electron chi connectivity index (χ1n) is 10.3. The average Bonchev–Trinajstić information content (AvgIpc) is 2.83. The highest BCUT2D eigenvalue weighted by atomic mass is 16.6. The van der Waals surface area contributed by atoms with Gasteiger partial charge in [0.15, 0.2) is 0 Å². The van der Waals surface area contributed by atoms with Gasteiger partial charge in [-0.05, 0) is 24.3 Å². The number of rotatable bonds is 11. The lowest BCUT2D eigenvalue weighted by molar-refractivity contribution is -0.385. The van der Waals surface area contributed by atoms with E-state index in [4.69, 9.17) is 0 Å². The highest BCUT2D eigenvalue weighted by molar-refractivity contribution is 5.81. The van der Waals surface area contributed by atoms with Crippen LogP contribution in [-0.2, 0) is 22.7 Å². The summed E-state index contributed by atoms with van der Waals surface area (Å²) in [5.74, 6) is -0.767. The van der Waals surface area contributed by atoms with Crippen LogP contribution in [0.15, 0.2) is 73.1 Å². The second kappa shape index (κ2) is 12.0. The van der Waals surface area contributed by atoms with Crippen molar-refractivity contribution in [1.82, 2.24) is 25.9 Å². The Bertz CT molecular complexity index is 1080. The minimum atomic E-state index is -0.875. The zero-order valence-electron chi connectivity index (χ0n) is 17.8. The molecule has 0 radical (unpaired) electrons. The van der Waals surface area contributed by atoms with Gasteiger partial charge in [-0.3, -0.25) is 29.7 Å². The van der Waals surface area contributed by atoms with Gasteiger partial charge in [-0.25, -0.2) is 0 Å². The van der Waals surface area contributed by atoms with Crippen LogP contribution >= 0.6 is 0 Å².